The number of hydrogen-bond donors (Lipinski definition) is 0. The van der Waals surface area contributed by atoms with E-state index in [1.165, 1.54) is 0 Å². The largest absolute Gasteiger partial charge is 0.582 e. The molecule has 0 radical (unpaired) electrons. The highest BCUT2D eigenvalue weighted by atomic mass is 28.4. The second kappa shape index (κ2) is 13.6. The molecule has 0 saturated heterocycles. The molecule has 33 heteroatoms. The van der Waals surface area contributed by atoms with Gasteiger partial charge >= 0.3 is 91.6 Å². The summed E-state index contributed by atoms with van der Waals surface area (Å²) < 4.78 is 411. The summed E-state index contributed by atoms with van der Waals surface area (Å²) in [6, 6.07) is 0. The Bertz CT molecular complexity index is 1190. The van der Waals surface area contributed by atoms with E-state index in [4.69, 9.17) is 0 Å². The van der Waals surface area contributed by atoms with Crippen molar-refractivity contribution in [3.63, 3.8) is 0 Å². The molecule has 0 fully saturated rings. The SMILES string of the molecule is CCO[Si](OCC)(OCC)C(F)(F)C(F)(F)C(F)(F)C(F)(F)C(F)(F)C(F)(F)C(F)(F)C(F)(F)C(F)(F)C(F)(F)C(F)(F)C(F)(F)C(F)(F)C(F)(F)F. The lowest BCUT2D eigenvalue weighted by Gasteiger charge is -2.47. The summed E-state index contributed by atoms with van der Waals surface area (Å²) >= 11 is 0. The van der Waals surface area contributed by atoms with Crippen LogP contribution in [0.4, 0.5) is 127 Å². The Balaban J connectivity index is 7.76. The third kappa shape index (κ3) is 6.25. The fourth-order valence-corrected chi connectivity index (χ4v) is 5.98. The van der Waals surface area contributed by atoms with Crippen LogP contribution in [0.1, 0.15) is 20.8 Å². The van der Waals surface area contributed by atoms with Crippen molar-refractivity contribution in [3.8, 4) is 0 Å². The predicted octanol–water partition coefficient (Wildman–Crippen LogP) is 10.4. The Morgan fingerprint density at radius 1 is 0.264 bits per heavy atom. The number of hydrogen-bond acceptors (Lipinski definition) is 3. The van der Waals surface area contributed by atoms with Gasteiger partial charge in [0.15, 0.2) is 0 Å². The molecule has 0 aromatic carbocycles. The van der Waals surface area contributed by atoms with Crippen molar-refractivity contribution in [1.29, 1.82) is 0 Å². The van der Waals surface area contributed by atoms with Gasteiger partial charge in [-0.2, -0.15) is 127 Å². The third-order valence-corrected chi connectivity index (χ3v) is 9.56. The number of alkyl halides is 29. The number of rotatable bonds is 19. The van der Waals surface area contributed by atoms with Gasteiger partial charge in [0.1, 0.15) is 0 Å². The minimum atomic E-state index is -9.97. The van der Waals surface area contributed by atoms with Gasteiger partial charge in [0.25, 0.3) is 0 Å². The molecule has 0 unspecified atom stereocenters. The zero-order valence-electron chi connectivity index (χ0n) is 24.8. The van der Waals surface area contributed by atoms with Gasteiger partial charge in [0, 0.05) is 19.8 Å². The third-order valence-electron chi connectivity index (χ3n) is 6.48. The summed E-state index contributed by atoms with van der Waals surface area (Å²) in [6.07, 6.45) is -8.31. The van der Waals surface area contributed by atoms with Crippen LogP contribution in [0.3, 0.4) is 0 Å². The average Bonchev–Trinajstić information content (AvgIpc) is 2.95. The van der Waals surface area contributed by atoms with Gasteiger partial charge in [-0.25, -0.2) is 0 Å². The Morgan fingerprint density at radius 2 is 0.415 bits per heavy atom. The topological polar surface area (TPSA) is 27.7 Å². The molecule has 0 atom stereocenters. The lowest BCUT2D eigenvalue weighted by Crippen LogP contribution is -2.80. The van der Waals surface area contributed by atoms with Crippen molar-refractivity contribution >= 4 is 8.80 Å². The summed E-state index contributed by atoms with van der Waals surface area (Å²) in [5, 5.41) is 0. The molecule has 0 N–H and O–H groups in total. The zero-order chi connectivity index (χ0) is 43.7. The first-order valence-corrected chi connectivity index (χ1v) is 14.3. The smallest absolute Gasteiger partial charge is 0.370 e. The van der Waals surface area contributed by atoms with E-state index >= 15 is 0 Å². The summed E-state index contributed by atoms with van der Waals surface area (Å²) in [5.41, 5.74) is -7.36. The Hall–Kier alpha value is -1.93. The molecule has 0 heterocycles. The van der Waals surface area contributed by atoms with E-state index in [0.717, 1.165) is 0 Å². The van der Waals surface area contributed by atoms with E-state index in [9.17, 15) is 127 Å². The van der Waals surface area contributed by atoms with E-state index in [0.29, 0.717) is 20.8 Å². The van der Waals surface area contributed by atoms with Gasteiger partial charge in [0.05, 0.1) is 0 Å². The maximum absolute atomic E-state index is 14.9. The minimum absolute atomic E-state index is 0.496. The maximum Gasteiger partial charge on any atom is 0.582 e. The van der Waals surface area contributed by atoms with E-state index in [2.05, 4.69) is 13.3 Å². The van der Waals surface area contributed by atoms with Crippen LogP contribution >= 0.6 is 0 Å². The molecule has 0 aliphatic rings. The van der Waals surface area contributed by atoms with Crippen molar-refractivity contribution in [3.05, 3.63) is 0 Å². The van der Waals surface area contributed by atoms with Crippen molar-refractivity contribution in [2.75, 3.05) is 19.8 Å². The van der Waals surface area contributed by atoms with Gasteiger partial charge in [-0.05, 0) is 20.8 Å². The molecule has 0 amide bonds. The van der Waals surface area contributed by atoms with Crippen LogP contribution in [-0.2, 0) is 13.3 Å². The molecule has 53 heavy (non-hydrogen) atoms. The van der Waals surface area contributed by atoms with Crippen LogP contribution in [0.5, 0.6) is 0 Å². The first kappa shape index (κ1) is 51.1. The normalized spacial score (nSPS) is 16.8. The lowest BCUT2D eigenvalue weighted by atomic mass is 9.84. The first-order chi connectivity index (χ1) is 22.7. The van der Waals surface area contributed by atoms with Crippen molar-refractivity contribution in [2.24, 2.45) is 0 Å². The van der Waals surface area contributed by atoms with Crippen LogP contribution in [-0.4, -0.2) is 111 Å². The quantitative estimate of drug-likeness (QED) is 0.0956. The molecular weight excluding hydrogens is 867 g/mol. The molecule has 0 aliphatic carbocycles. The highest BCUT2D eigenvalue weighted by Crippen LogP contribution is 2.69. The van der Waals surface area contributed by atoms with Crippen LogP contribution < -0.4 is 0 Å². The van der Waals surface area contributed by atoms with Crippen molar-refractivity contribution < 1.29 is 141 Å². The van der Waals surface area contributed by atoms with Crippen LogP contribution in [0.2, 0.25) is 0 Å². The lowest BCUT2D eigenvalue weighted by molar-refractivity contribution is -0.486. The predicted molar refractivity (Wildman–Crippen MR) is 111 cm³/mol. The van der Waals surface area contributed by atoms with E-state index in [1.54, 1.807) is 0 Å². The molecule has 0 saturated carbocycles. The van der Waals surface area contributed by atoms with E-state index < -0.39 is 111 Å². The first-order valence-electron chi connectivity index (χ1n) is 12.6. The molecule has 0 bridgehead atoms. The van der Waals surface area contributed by atoms with Crippen LogP contribution in [0, 0.1) is 0 Å². The summed E-state index contributed by atoms with van der Waals surface area (Å²) in [7, 11) is -7.16. The molecular formula is C20H15F29O3Si. The molecule has 0 aromatic heterocycles. The highest BCUT2D eigenvalue weighted by molar-refractivity contribution is 6.63. The van der Waals surface area contributed by atoms with Crippen molar-refractivity contribution in [2.45, 2.75) is 104 Å². The fraction of sp³-hybridized carbons (Fsp3) is 1.00. The van der Waals surface area contributed by atoms with Crippen LogP contribution in [0.15, 0.2) is 0 Å². The van der Waals surface area contributed by atoms with Gasteiger partial charge in [-0.1, -0.05) is 0 Å². The second-order valence-electron chi connectivity index (χ2n) is 9.82. The molecule has 320 valence electrons. The van der Waals surface area contributed by atoms with Gasteiger partial charge in [0.2, 0.25) is 0 Å². The van der Waals surface area contributed by atoms with Crippen molar-refractivity contribution in [1.82, 2.24) is 0 Å². The molecule has 0 aromatic rings. The van der Waals surface area contributed by atoms with E-state index in [1.807, 2.05) is 0 Å². The minimum Gasteiger partial charge on any atom is -0.370 e. The molecule has 0 rings (SSSR count). The van der Waals surface area contributed by atoms with Gasteiger partial charge in [-0.15, -0.1) is 0 Å². The zero-order valence-corrected chi connectivity index (χ0v) is 25.8. The van der Waals surface area contributed by atoms with Gasteiger partial charge in [-0.3, -0.25) is 0 Å². The molecule has 0 spiro atoms. The molecule has 3 nitrogen and oxygen atoms in total. The standard InChI is InChI=1S/C20H15F29O3Si/c1-4-50-53(51-5-2,52-6-3)20(48,49)18(43,44)16(39,40)14(35,36)12(31,32)10(27,28)8(23,24)7(21,22)9(25,26)11(29,30)13(33,34)15(37,38)17(41,42)19(45,46)47/h4-6H2,1-3H3. The summed E-state index contributed by atoms with van der Waals surface area (Å²) in [4.78, 5) is 0. The van der Waals surface area contributed by atoms with E-state index in [-0.39, 0.29) is 0 Å². The van der Waals surface area contributed by atoms with Gasteiger partial charge < -0.3 is 13.3 Å². The summed E-state index contributed by atoms with van der Waals surface area (Å²) in [6.45, 7) is -2.87. The Labute approximate surface area is 274 Å². The second-order valence-corrected chi connectivity index (χ2v) is 12.4. The van der Waals surface area contributed by atoms with Crippen LogP contribution in [0.25, 0.3) is 0 Å². The monoisotopic (exact) mass is 882 g/mol. The average molecular weight is 882 g/mol. The fourth-order valence-electron chi connectivity index (χ4n) is 3.51. The Morgan fingerprint density at radius 3 is 0.566 bits per heavy atom. The summed E-state index contributed by atoms with van der Waals surface area (Å²) in [5.74, 6) is -114. The molecule has 0 aliphatic heterocycles. The highest BCUT2D eigenvalue weighted by Gasteiger charge is 3.01. The Kier molecular flexibility index (Phi) is 13.1. The number of halogens is 29. The maximum atomic E-state index is 14.9.